The fraction of sp³-hybridized carbons (Fsp3) is 0.444. The van der Waals surface area contributed by atoms with Gasteiger partial charge in [0.15, 0.2) is 5.41 Å². The number of esters is 2. The summed E-state index contributed by atoms with van der Waals surface area (Å²) in [5, 5.41) is 0. The van der Waals surface area contributed by atoms with E-state index in [1.807, 2.05) is 6.07 Å². The molecule has 1 heterocycles. The van der Waals surface area contributed by atoms with E-state index < -0.39 is 36.1 Å². The molecule has 1 saturated heterocycles. The van der Waals surface area contributed by atoms with Crippen molar-refractivity contribution in [3.8, 4) is 0 Å². The third kappa shape index (κ3) is 3.15. The molecule has 0 aromatic heterocycles. The summed E-state index contributed by atoms with van der Waals surface area (Å²) < 4.78 is 50.7. The van der Waals surface area contributed by atoms with Gasteiger partial charge < -0.3 is 9.47 Å². The van der Waals surface area contributed by atoms with Gasteiger partial charge in [0.2, 0.25) is 0 Å². The van der Waals surface area contributed by atoms with Gasteiger partial charge in [-0.2, -0.15) is 13.2 Å². The highest BCUT2D eigenvalue weighted by Crippen LogP contribution is 2.56. The van der Waals surface area contributed by atoms with Crippen LogP contribution in [-0.4, -0.2) is 24.2 Å². The Kier molecular flexibility index (Phi) is 4.58. The largest absolute Gasteiger partial charge is 0.461 e. The molecule has 25 heavy (non-hydrogen) atoms. The smallest absolute Gasteiger partial charge is 0.408 e. The number of carbonyl (C=O) groups is 2. The van der Waals surface area contributed by atoms with Crippen molar-refractivity contribution in [1.82, 2.24) is 0 Å². The van der Waals surface area contributed by atoms with Gasteiger partial charge >= 0.3 is 18.1 Å². The van der Waals surface area contributed by atoms with E-state index in [0.29, 0.717) is 6.42 Å². The molecular weight excluding hydrogens is 337 g/mol. The number of hydrogen-bond acceptors (Lipinski definition) is 4. The molecular formula is C18H17F3O4. The van der Waals surface area contributed by atoms with Crippen LogP contribution in [0.4, 0.5) is 13.2 Å². The summed E-state index contributed by atoms with van der Waals surface area (Å²) >= 11 is 0. The predicted octanol–water partition coefficient (Wildman–Crippen LogP) is 3.70. The summed E-state index contributed by atoms with van der Waals surface area (Å²) in [6.45, 7) is 0.0177. The second kappa shape index (κ2) is 6.54. The lowest BCUT2D eigenvalue weighted by Gasteiger charge is -2.32. The van der Waals surface area contributed by atoms with Crippen LogP contribution in [0.5, 0.6) is 0 Å². The van der Waals surface area contributed by atoms with E-state index in [1.54, 1.807) is 24.3 Å². The SMILES string of the molecule is O=C(CC1OC(=O)[C@@]2(C(F)(F)F)CCCC=C12)OCc1ccccc1. The average molecular weight is 354 g/mol. The minimum absolute atomic E-state index is 0.0177. The summed E-state index contributed by atoms with van der Waals surface area (Å²) in [5.74, 6) is -2.02. The number of carbonyl (C=O) groups excluding carboxylic acids is 2. The van der Waals surface area contributed by atoms with Gasteiger partial charge in [0.1, 0.15) is 12.7 Å². The van der Waals surface area contributed by atoms with Crippen LogP contribution in [0.1, 0.15) is 31.2 Å². The first-order valence-electron chi connectivity index (χ1n) is 8.02. The fourth-order valence-corrected chi connectivity index (χ4v) is 3.38. The van der Waals surface area contributed by atoms with Crippen molar-refractivity contribution in [2.24, 2.45) is 5.41 Å². The molecule has 2 aliphatic rings. The lowest BCUT2D eigenvalue weighted by molar-refractivity contribution is -0.215. The molecule has 3 rings (SSSR count). The van der Waals surface area contributed by atoms with Crippen LogP contribution in [0, 0.1) is 5.41 Å². The van der Waals surface area contributed by atoms with Gasteiger partial charge in [-0.05, 0) is 30.4 Å². The number of alkyl halides is 3. The Morgan fingerprint density at radius 2 is 2.00 bits per heavy atom. The monoisotopic (exact) mass is 354 g/mol. The van der Waals surface area contributed by atoms with Gasteiger partial charge in [0.05, 0.1) is 6.42 Å². The lowest BCUT2D eigenvalue weighted by atomic mass is 9.71. The van der Waals surface area contributed by atoms with Gasteiger partial charge in [-0.25, -0.2) is 0 Å². The third-order valence-electron chi connectivity index (χ3n) is 4.64. The van der Waals surface area contributed by atoms with Crippen molar-refractivity contribution in [2.45, 2.75) is 44.6 Å². The van der Waals surface area contributed by atoms with Crippen LogP contribution in [0.3, 0.4) is 0 Å². The quantitative estimate of drug-likeness (QED) is 0.611. The van der Waals surface area contributed by atoms with Gasteiger partial charge in [0.25, 0.3) is 0 Å². The first-order valence-corrected chi connectivity index (χ1v) is 8.02. The maximum Gasteiger partial charge on any atom is 0.408 e. The van der Waals surface area contributed by atoms with E-state index in [2.05, 4.69) is 0 Å². The molecule has 0 saturated carbocycles. The molecule has 0 N–H and O–H groups in total. The Labute approximate surface area is 142 Å². The van der Waals surface area contributed by atoms with Gasteiger partial charge in [-0.15, -0.1) is 0 Å². The topological polar surface area (TPSA) is 52.6 Å². The predicted molar refractivity (Wildman–Crippen MR) is 81.2 cm³/mol. The Hall–Kier alpha value is -2.31. The number of benzene rings is 1. The Bertz CT molecular complexity index is 696. The third-order valence-corrected chi connectivity index (χ3v) is 4.64. The van der Waals surface area contributed by atoms with E-state index in [0.717, 1.165) is 5.56 Å². The van der Waals surface area contributed by atoms with Crippen LogP contribution in [0.15, 0.2) is 42.0 Å². The van der Waals surface area contributed by atoms with Gasteiger partial charge in [-0.1, -0.05) is 36.4 Å². The second-order valence-electron chi connectivity index (χ2n) is 6.20. The first kappa shape index (κ1) is 17.5. The van der Waals surface area contributed by atoms with E-state index in [1.165, 1.54) is 6.08 Å². The molecule has 1 aromatic carbocycles. The number of allylic oxidation sites excluding steroid dienone is 1. The van der Waals surface area contributed by atoms with Crippen molar-refractivity contribution < 1.29 is 32.2 Å². The minimum atomic E-state index is -4.74. The highest BCUT2D eigenvalue weighted by molar-refractivity contribution is 5.87. The maximum atomic E-state index is 13.6. The van der Waals surface area contributed by atoms with Crippen molar-refractivity contribution in [3.05, 3.63) is 47.5 Å². The Balaban J connectivity index is 1.70. The molecule has 1 aliphatic heterocycles. The summed E-state index contributed by atoms with van der Waals surface area (Å²) in [6.07, 6.45) is -4.63. The summed E-state index contributed by atoms with van der Waals surface area (Å²) in [7, 11) is 0. The van der Waals surface area contributed by atoms with E-state index in [4.69, 9.17) is 9.47 Å². The molecule has 1 unspecified atom stereocenters. The number of halogens is 3. The molecule has 134 valence electrons. The van der Waals surface area contributed by atoms with E-state index in [9.17, 15) is 22.8 Å². The molecule has 0 bridgehead atoms. The highest BCUT2D eigenvalue weighted by Gasteiger charge is 2.69. The van der Waals surface area contributed by atoms with E-state index in [-0.39, 0.29) is 25.0 Å². The molecule has 0 spiro atoms. The fourth-order valence-electron chi connectivity index (χ4n) is 3.38. The lowest BCUT2D eigenvalue weighted by Crippen LogP contribution is -2.44. The molecule has 1 fully saturated rings. The van der Waals surface area contributed by atoms with Gasteiger partial charge in [0, 0.05) is 0 Å². The highest BCUT2D eigenvalue weighted by atomic mass is 19.4. The van der Waals surface area contributed by atoms with Crippen molar-refractivity contribution >= 4 is 11.9 Å². The molecule has 7 heteroatoms. The van der Waals surface area contributed by atoms with Gasteiger partial charge in [-0.3, -0.25) is 9.59 Å². The molecule has 2 atom stereocenters. The molecule has 0 amide bonds. The van der Waals surface area contributed by atoms with Crippen LogP contribution in [-0.2, 0) is 25.7 Å². The first-order chi connectivity index (χ1) is 11.8. The van der Waals surface area contributed by atoms with Crippen molar-refractivity contribution in [2.75, 3.05) is 0 Å². The van der Waals surface area contributed by atoms with Crippen molar-refractivity contribution in [1.29, 1.82) is 0 Å². The molecule has 4 nitrogen and oxygen atoms in total. The van der Waals surface area contributed by atoms with Crippen molar-refractivity contribution in [3.63, 3.8) is 0 Å². The zero-order valence-electron chi connectivity index (χ0n) is 13.3. The summed E-state index contributed by atoms with van der Waals surface area (Å²) in [4.78, 5) is 24.0. The Morgan fingerprint density at radius 3 is 2.68 bits per heavy atom. The zero-order chi connectivity index (χ0) is 18.1. The molecule has 1 aromatic rings. The zero-order valence-corrected chi connectivity index (χ0v) is 13.3. The summed E-state index contributed by atoms with van der Waals surface area (Å²) in [5.41, 5.74) is -1.98. The number of fused-ring (bicyclic) bond motifs is 1. The van der Waals surface area contributed by atoms with Crippen LogP contribution in [0.2, 0.25) is 0 Å². The van der Waals surface area contributed by atoms with E-state index >= 15 is 0 Å². The number of rotatable bonds is 4. The average Bonchev–Trinajstić information content (AvgIpc) is 2.87. The van der Waals surface area contributed by atoms with Crippen LogP contribution < -0.4 is 0 Å². The van der Waals surface area contributed by atoms with Crippen LogP contribution in [0.25, 0.3) is 0 Å². The standard InChI is InChI=1S/C18H17F3O4/c19-18(20,21)17-9-5-4-8-13(17)14(25-16(17)23)10-15(22)24-11-12-6-2-1-3-7-12/h1-3,6-8,14H,4-5,9-11H2/t14?,17-/m1/s1. The Morgan fingerprint density at radius 1 is 1.28 bits per heavy atom. The molecule has 0 radical (unpaired) electrons. The molecule has 1 aliphatic carbocycles. The normalized spacial score (nSPS) is 25.8. The second-order valence-corrected chi connectivity index (χ2v) is 6.20. The summed E-state index contributed by atoms with van der Waals surface area (Å²) in [6, 6.07) is 8.91. The number of ether oxygens (including phenoxy) is 2. The minimum Gasteiger partial charge on any atom is -0.461 e. The van der Waals surface area contributed by atoms with Crippen LogP contribution >= 0.6 is 0 Å². The maximum absolute atomic E-state index is 13.6. The number of cyclic esters (lactones) is 1. The number of hydrogen-bond donors (Lipinski definition) is 0.